The van der Waals surface area contributed by atoms with Crippen molar-refractivity contribution in [2.24, 2.45) is 5.41 Å². The van der Waals surface area contributed by atoms with Gasteiger partial charge in [-0.2, -0.15) is 8.75 Å². The molecule has 0 bridgehead atoms. The molecule has 0 radical (unpaired) electrons. The topological polar surface area (TPSA) is 56.5 Å². The molecular weight excluding hydrogens is 234 g/mol. The highest BCUT2D eigenvalue weighted by Crippen LogP contribution is 2.32. The fraction of sp³-hybridized carbons (Fsp3) is 0.636. The Morgan fingerprint density at radius 1 is 1.29 bits per heavy atom. The lowest BCUT2D eigenvalue weighted by Crippen LogP contribution is -2.12. The van der Waals surface area contributed by atoms with E-state index in [0.717, 1.165) is 36.7 Å². The SMILES string of the molecule is CC1(C)CCc2nnc(-c3cnsn3)n2CC1. The van der Waals surface area contributed by atoms with Crippen LogP contribution in [0.1, 0.15) is 32.5 Å². The zero-order chi connectivity index (χ0) is 11.9. The zero-order valence-corrected chi connectivity index (χ0v) is 10.9. The Labute approximate surface area is 104 Å². The second-order valence-corrected chi connectivity index (χ2v) is 5.86. The summed E-state index contributed by atoms with van der Waals surface area (Å²) in [5.41, 5.74) is 1.23. The zero-order valence-electron chi connectivity index (χ0n) is 10.1. The van der Waals surface area contributed by atoms with Gasteiger partial charge in [0.15, 0.2) is 5.82 Å². The summed E-state index contributed by atoms with van der Waals surface area (Å²) >= 11 is 1.21. The second-order valence-electron chi connectivity index (χ2n) is 5.30. The van der Waals surface area contributed by atoms with E-state index < -0.39 is 0 Å². The molecule has 3 rings (SSSR count). The average Bonchev–Trinajstić information content (AvgIpc) is 2.90. The minimum Gasteiger partial charge on any atom is -0.310 e. The van der Waals surface area contributed by atoms with Crippen molar-refractivity contribution in [1.82, 2.24) is 23.5 Å². The van der Waals surface area contributed by atoms with Crippen molar-refractivity contribution in [3.63, 3.8) is 0 Å². The van der Waals surface area contributed by atoms with Gasteiger partial charge in [-0.1, -0.05) is 13.8 Å². The third-order valence-electron chi connectivity index (χ3n) is 3.46. The highest BCUT2D eigenvalue weighted by atomic mass is 32.1. The normalized spacial score (nSPS) is 18.7. The highest BCUT2D eigenvalue weighted by Gasteiger charge is 2.26. The van der Waals surface area contributed by atoms with Crippen molar-refractivity contribution in [2.75, 3.05) is 0 Å². The monoisotopic (exact) mass is 249 g/mol. The number of aromatic nitrogens is 5. The molecule has 6 heteroatoms. The summed E-state index contributed by atoms with van der Waals surface area (Å²) in [6.07, 6.45) is 5.08. The van der Waals surface area contributed by atoms with Crippen LogP contribution in [0.2, 0.25) is 0 Å². The molecule has 0 atom stereocenters. The van der Waals surface area contributed by atoms with E-state index in [9.17, 15) is 0 Å². The Kier molecular flexibility index (Phi) is 2.47. The van der Waals surface area contributed by atoms with Crippen LogP contribution in [-0.2, 0) is 13.0 Å². The quantitative estimate of drug-likeness (QED) is 0.777. The van der Waals surface area contributed by atoms with E-state index in [4.69, 9.17) is 0 Å². The molecule has 0 aromatic carbocycles. The highest BCUT2D eigenvalue weighted by molar-refractivity contribution is 6.99. The molecule has 2 aromatic rings. The Morgan fingerprint density at radius 3 is 2.94 bits per heavy atom. The van der Waals surface area contributed by atoms with Gasteiger partial charge in [0, 0.05) is 13.0 Å². The molecule has 3 heterocycles. The first kappa shape index (κ1) is 10.8. The maximum Gasteiger partial charge on any atom is 0.185 e. The number of hydrogen-bond donors (Lipinski definition) is 0. The van der Waals surface area contributed by atoms with Crippen LogP contribution in [0.4, 0.5) is 0 Å². The van der Waals surface area contributed by atoms with Crippen molar-refractivity contribution in [3.05, 3.63) is 12.0 Å². The Morgan fingerprint density at radius 2 is 2.18 bits per heavy atom. The fourth-order valence-corrected chi connectivity index (χ4v) is 2.61. The predicted octanol–water partition coefficient (Wildman–Crippen LogP) is 2.16. The van der Waals surface area contributed by atoms with Crippen LogP contribution < -0.4 is 0 Å². The number of fused-ring (bicyclic) bond motifs is 1. The first-order valence-corrected chi connectivity index (χ1v) is 6.59. The van der Waals surface area contributed by atoms with Crippen molar-refractivity contribution < 1.29 is 0 Å². The van der Waals surface area contributed by atoms with E-state index in [-0.39, 0.29) is 0 Å². The molecule has 5 nitrogen and oxygen atoms in total. The number of aryl methyl sites for hydroxylation is 1. The molecule has 2 aromatic heterocycles. The second kappa shape index (κ2) is 3.87. The summed E-state index contributed by atoms with van der Waals surface area (Å²) in [5, 5.41) is 8.53. The molecule has 1 aliphatic rings. The summed E-state index contributed by atoms with van der Waals surface area (Å²) in [4.78, 5) is 0. The van der Waals surface area contributed by atoms with Gasteiger partial charge in [-0.25, -0.2) is 0 Å². The molecule has 0 fully saturated rings. The van der Waals surface area contributed by atoms with E-state index in [1.165, 1.54) is 18.1 Å². The van der Waals surface area contributed by atoms with E-state index in [1.54, 1.807) is 6.20 Å². The first-order valence-electron chi connectivity index (χ1n) is 5.86. The minimum atomic E-state index is 0.387. The largest absolute Gasteiger partial charge is 0.310 e. The van der Waals surface area contributed by atoms with Gasteiger partial charge in [0.2, 0.25) is 0 Å². The lowest BCUT2D eigenvalue weighted by molar-refractivity contribution is 0.307. The maximum absolute atomic E-state index is 4.29. The lowest BCUT2D eigenvalue weighted by atomic mass is 9.85. The van der Waals surface area contributed by atoms with Gasteiger partial charge in [0.05, 0.1) is 17.9 Å². The third kappa shape index (κ3) is 1.97. The predicted molar refractivity (Wildman–Crippen MR) is 65.6 cm³/mol. The summed E-state index contributed by atoms with van der Waals surface area (Å²) in [6, 6.07) is 0. The van der Waals surface area contributed by atoms with Crippen LogP contribution in [0.3, 0.4) is 0 Å². The average molecular weight is 249 g/mol. The molecule has 0 amide bonds. The molecule has 1 aliphatic heterocycles. The van der Waals surface area contributed by atoms with Gasteiger partial charge >= 0.3 is 0 Å². The van der Waals surface area contributed by atoms with Gasteiger partial charge in [0.1, 0.15) is 11.5 Å². The number of hydrogen-bond acceptors (Lipinski definition) is 5. The van der Waals surface area contributed by atoms with E-state index in [2.05, 4.69) is 37.4 Å². The van der Waals surface area contributed by atoms with E-state index >= 15 is 0 Å². The molecule has 0 N–H and O–H groups in total. The van der Waals surface area contributed by atoms with E-state index in [0.29, 0.717) is 5.41 Å². The number of nitrogens with zero attached hydrogens (tertiary/aromatic N) is 5. The summed E-state index contributed by atoms with van der Waals surface area (Å²) in [5.74, 6) is 1.95. The summed E-state index contributed by atoms with van der Waals surface area (Å²) < 4.78 is 10.5. The van der Waals surface area contributed by atoms with Crippen LogP contribution in [0.25, 0.3) is 11.5 Å². The maximum atomic E-state index is 4.29. The van der Waals surface area contributed by atoms with Gasteiger partial charge in [0.25, 0.3) is 0 Å². The Hall–Kier alpha value is -1.30. The molecule has 90 valence electrons. The standard InChI is InChI=1S/C11H15N5S/c1-11(2)4-3-9-13-14-10(16(9)6-5-11)8-7-12-17-15-8/h7H,3-6H2,1-2H3. The van der Waals surface area contributed by atoms with Crippen molar-refractivity contribution in [3.8, 4) is 11.5 Å². The molecule has 0 spiro atoms. The van der Waals surface area contributed by atoms with Crippen LogP contribution in [-0.4, -0.2) is 23.5 Å². The summed E-state index contributed by atoms with van der Waals surface area (Å²) in [7, 11) is 0. The van der Waals surface area contributed by atoms with E-state index in [1.807, 2.05) is 0 Å². The van der Waals surface area contributed by atoms with Gasteiger partial charge in [-0.3, -0.25) is 0 Å². The smallest absolute Gasteiger partial charge is 0.185 e. The minimum absolute atomic E-state index is 0.387. The van der Waals surface area contributed by atoms with Gasteiger partial charge in [-0.05, 0) is 18.3 Å². The Balaban J connectivity index is 1.99. The van der Waals surface area contributed by atoms with Crippen molar-refractivity contribution in [2.45, 2.75) is 39.7 Å². The van der Waals surface area contributed by atoms with Crippen molar-refractivity contribution >= 4 is 11.7 Å². The third-order valence-corrected chi connectivity index (χ3v) is 3.93. The van der Waals surface area contributed by atoms with Gasteiger partial charge in [-0.15, -0.1) is 10.2 Å². The molecule has 17 heavy (non-hydrogen) atoms. The van der Waals surface area contributed by atoms with Crippen LogP contribution in [0.5, 0.6) is 0 Å². The van der Waals surface area contributed by atoms with Gasteiger partial charge < -0.3 is 4.57 Å². The molecule has 0 aliphatic carbocycles. The lowest BCUT2D eigenvalue weighted by Gasteiger charge is -2.21. The molecule has 0 saturated carbocycles. The van der Waals surface area contributed by atoms with Crippen LogP contribution in [0, 0.1) is 5.41 Å². The van der Waals surface area contributed by atoms with Crippen LogP contribution >= 0.6 is 11.7 Å². The number of rotatable bonds is 1. The van der Waals surface area contributed by atoms with Crippen LogP contribution in [0.15, 0.2) is 6.20 Å². The molecule has 0 saturated heterocycles. The van der Waals surface area contributed by atoms with Crippen molar-refractivity contribution in [1.29, 1.82) is 0 Å². The first-order chi connectivity index (χ1) is 8.16. The fourth-order valence-electron chi connectivity index (χ4n) is 2.20. The molecular formula is C11H15N5S. The molecule has 0 unspecified atom stereocenters. The Bertz CT molecular complexity index is 514. The summed E-state index contributed by atoms with van der Waals surface area (Å²) in [6.45, 7) is 5.61.